The highest BCUT2D eigenvalue weighted by molar-refractivity contribution is 6.19. The van der Waals surface area contributed by atoms with Gasteiger partial charge in [-0.05, 0) is 12.8 Å². The summed E-state index contributed by atoms with van der Waals surface area (Å²) in [4.78, 5) is 12.0. The quantitative estimate of drug-likeness (QED) is 0.872. The van der Waals surface area contributed by atoms with E-state index in [1.165, 1.54) is 0 Å². The summed E-state index contributed by atoms with van der Waals surface area (Å²) >= 11 is 5.86. The predicted molar refractivity (Wildman–Crippen MR) is 67.3 cm³/mol. The van der Waals surface area contributed by atoms with Gasteiger partial charge in [0.2, 0.25) is 0 Å². The van der Waals surface area contributed by atoms with Gasteiger partial charge in [-0.2, -0.15) is 0 Å². The number of amides is 1. The van der Waals surface area contributed by atoms with Crippen LogP contribution in [-0.4, -0.2) is 30.5 Å². The first kappa shape index (κ1) is 15.1. The van der Waals surface area contributed by atoms with Crippen LogP contribution in [-0.2, 0) is 4.74 Å². The Labute approximate surface area is 119 Å². The minimum absolute atomic E-state index is 0.104. The Morgan fingerprint density at radius 1 is 1.25 bits per heavy atom. The summed E-state index contributed by atoms with van der Waals surface area (Å²) in [6.07, 6.45) is 0.902. The van der Waals surface area contributed by atoms with E-state index in [1.54, 1.807) is 0 Å². The zero-order chi connectivity index (χ0) is 14.8. The van der Waals surface area contributed by atoms with Crippen molar-refractivity contribution in [3.05, 3.63) is 35.1 Å². The van der Waals surface area contributed by atoms with E-state index in [2.05, 4.69) is 5.32 Å². The zero-order valence-electron chi connectivity index (χ0n) is 10.5. The minimum atomic E-state index is -1.24. The molecule has 0 unspecified atom stereocenters. The Kier molecular flexibility index (Phi) is 4.55. The summed E-state index contributed by atoms with van der Waals surface area (Å²) in [5.41, 5.74) is -1.56. The van der Waals surface area contributed by atoms with Gasteiger partial charge in [-0.1, -0.05) is 0 Å². The molecule has 1 amide bonds. The van der Waals surface area contributed by atoms with Crippen molar-refractivity contribution in [1.29, 1.82) is 0 Å². The van der Waals surface area contributed by atoms with Crippen LogP contribution in [0, 0.1) is 17.5 Å². The van der Waals surface area contributed by atoms with Gasteiger partial charge in [-0.3, -0.25) is 4.79 Å². The molecule has 0 spiro atoms. The van der Waals surface area contributed by atoms with Crippen molar-refractivity contribution in [1.82, 2.24) is 5.32 Å². The van der Waals surface area contributed by atoms with Crippen LogP contribution in [0.15, 0.2) is 12.1 Å². The molecule has 1 aromatic rings. The molecule has 1 fully saturated rings. The number of carbonyl (C=O) groups is 1. The second kappa shape index (κ2) is 6.01. The van der Waals surface area contributed by atoms with Gasteiger partial charge in [0.05, 0.1) is 5.54 Å². The third-order valence-electron chi connectivity index (χ3n) is 3.32. The Balaban J connectivity index is 2.23. The Morgan fingerprint density at radius 3 is 2.30 bits per heavy atom. The molecule has 0 radical (unpaired) electrons. The number of hydrogen-bond acceptors (Lipinski definition) is 2. The van der Waals surface area contributed by atoms with E-state index in [-0.39, 0.29) is 5.88 Å². The monoisotopic (exact) mass is 307 g/mol. The van der Waals surface area contributed by atoms with E-state index < -0.39 is 34.5 Å². The molecule has 1 aliphatic heterocycles. The lowest BCUT2D eigenvalue weighted by molar-refractivity contribution is 0.0431. The molecule has 1 saturated heterocycles. The van der Waals surface area contributed by atoms with E-state index in [1.807, 2.05) is 0 Å². The molecule has 1 aliphatic rings. The smallest absolute Gasteiger partial charge is 0.257 e. The fourth-order valence-electron chi connectivity index (χ4n) is 2.12. The molecular formula is C13H13ClF3NO2. The second-order valence-electron chi connectivity index (χ2n) is 4.72. The van der Waals surface area contributed by atoms with Crippen molar-refractivity contribution < 1.29 is 22.7 Å². The van der Waals surface area contributed by atoms with Crippen LogP contribution in [0.4, 0.5) is 13.2 Å². The van der Waals surface area contributed by atoms with E-state index in [0.29, 0.717) is 38.2 Å². The summed E-state index contributed by atoms with van der Waals surface area (Å²) in [7, 11) is 0. The standard InChI is InChI=1S/C13H13ClF3NO2/c14-7-13(1-3-20-4-2-13)18-12(19)11-9(16)5-8(15)6-10(11)17/h5-6H,1-4,7H2,(H,18,19). The van der Waals surface area contributed by atoms with Gasteiger partial charge >= 0.3 is 0 Å². The maximum Gasteiger partial charge on any atom is 0.257 e. The van der Waals surface area contributed by atoms with Crippen LogP contribution in [0.5, 0.6) is 0 Å². The molecule has 0 saturated carbocycles. The van der Waals surface area contributed by atoms with Gasteiger partial charge in [0.1, 0.15) is 23.0 Å². The fraction of sp³-hybridized carbons (Fsp3) is 0.462. The van der Waals surface area contributed by atoms with Crippen LogP contribution >= 0.6 is 11.6 Å². The Bertz CT molecular complexity index is 495. The first-order chi connectivity index (χ1) is 9.47. The van der Waals surface area contributed by atoms with Gasteiger partial charge in [0, 0.05) is 31.2 Å². The Morgan fingerprint density at radius 2 is 1.80 bits per heavy atom. The SMILES string of the molecule is O=C(NC1(CCl)CCOCC1)c1c(F)cc(F)cc1F. The topological polar surface area (TPSA) is 38.3 Å². The van der Waals surface area contributed by atoms with Gasteiger partial charge in [-0.25, -0.2) is 13.2 Å². The number of alkyl halides is 1. The van der Waals surface area contributed by atoms with Crippen molar-refractivity contribution >= 4 is 17.5 Å². The van der Waals surface area contributed by atoms with Crippen molar-refractivity contribution in [3.63, 3.8) is 0 Å². The van der Waals surface area contributed by atoms with Crippen LogP contribution < -0.4 is 5.32 Å². The molecule has 1 heterocycles. The average molecular weight is 308 g/mol. The van der Waals surface area contributed by atoms with Crippen molar-refractivity contribution in [2.75, 3.05) is 19.1 Å². The summed E-state index contributed by atoms with van der Waals surface area (Å²) in [6, 6.07) is 0.935. The van der Waals surface area contributed by atoms with Crippen LogP contribution in [0.1, 0.15) is 23.2 Å². The molecule has 0 atom stereocenters. The van der Waals surface area contributed by atoms with Crippen molar-refractivity contribution in [2.45, 2.75) is 18.4 Å². The number of rotatable bonds is 3. The molecule has 110 valence electrons. The summed E-state index contributed by atoms with van der Waals surface area (Å²) in [6.45, 7) is 0.808. The van der Waals surface area contributed by atoms with Gasteiger partial charge in [0.15, 0.2) is 0 Å². The average Bonchev–Trinajstić information content (AvgIpc) is 2.38. The molecular weight excluding hydrogens is 295 g/mol. The molecule has 0 bridgehead atoms. The van der Waals surface area contributed by atoms with Gasteiger partial charge < -0.3 is 10.1 Å². The molecule has 0 aromatic heterocycles. The highest BCUT2D eigenvalue weighted by Crippen LogP contribution is 2.24. The van der Waals surface area contributed by atoms with Crippen LogP contribution in [0.2, 0.25) is 0 Å². The highest BCUT2D eigenvalue weighted by Gasteiger charge is 2.35. The lowest BCUT2D eigenvalue weighted by Crippen LogP contribution is -2.53. The zero-order valence-corrected chi connectivity index (χ0v) is 11.3. The number of hydrogen-bond donors (Lipinski definition) is 1. The molecule has 2 rings (SSSR count). The molecule has 3 nitrogen and oxygen atoms in total. The molecule has 7 heteroatoms. The fourth-order valence-corrected chi connectivity index (χ4v) is 2.45. The highest BCUT2D eigenvalue weighted by atomic mass is 35.5. The molecule has 20 heavy (non-hydrogen) atoms. The largest absolute Gasteiger partial charge is 0.381 e. The first-order valence-electron chi connectivity index (χ1n) is 6.08. The van der Waals surface area contributed by atoms with Crippen molar-refractivity contribution in [3.8, 4) is 0 Å². The maximum absolute atomic E-state index is 13.5. The number of nitrogens with one attached hydrogen (secondary N) is 1. The molecule has 1 N–H and O–H groups in total. The number of carbonyl (C=O) groups excluding carboxylic acids is 1. The third kappa shape index (κ3) is 3.07. The summed E-state index contributed by atoms with van der Waals surface area (Å²) in [5.74, 6) is -4.39. The first-order valence-corrected chi connectivity index (χ1v) is 6.62. The predicted octanol–water partition coefficient (Wildman–Crippen LogP) is 2.62. The van der Waals surface area contributed by atoms with Crippen LogP contribution in [0.3, 0.4) is 0 Å². The van der Waals surface area contributed by atoms with Crippen LogP contribution in [0.25, 0.3) is 0 Å². The van der Waals surface area contributed by atoms with E-state index in [9.17, 15) is 18.0 Å². The maximum atomic E-state index is 13.5. The summed E-state index contributed by atoms with van der Waals surface area (Å²) in [5, 5.41) is 2.55. The normalized spacial score (nSPS) is 17.8. The molecule has 1 aromatic carbocycles. The minimum Gasteiger partial charge on any atom is -0.381 e. The lowest BCUT2D eigenvalue weighted by Gasteiger charge is -2.36. The lowest BCUT2D eigenvalue weighted by atomic mass is 9.91. The number of halogens is 4. The summed E-state index contributed by atoms with van der Waals surface area (Å²) < 4.78 is 45.1. The molecule has 0 aliphatic carbocycles. The Hall–Kier alpha value is -1.27. The van der Waals surface area contributed by atoms with E-state index in [4.69, 9.17) is 16.3 Å². The third-order valence-corrected chi connectivity index (χ3v) is 3.83. The number of benzene rings is 1. The van der Waals surface area contributed by atoms with Gasteiger partial charge in [0.25, 0.3) is 5.91 Å². The van der Waals surface area contributed by atoms with E-state index >= 15 is 0 Å². The second-order valence-corrected chi connectivity index (χ2v) is 4.99. The van der Waals surface area contributed by atoms with E-state index in [0.717, 1.165) is 0 Å². The van der Waals surface area contributed by atoms with Crippen molar-refractivity contribution in [2.24, 2.45) is 0 Å². The number of ether oxygens (including phenoxy) is 1. The van der Waals surface area contributed by atoms with Gasteiger partial charge in [-0.15, -0.1) is 11.6 Å².